The number of hydrogen-bond donors (Lipinski definition) is 1. The number of nitrogens with one attached hydrogen (secondary N) is 1. The second-order valence-electron chi connectivity index (χ2n) is 4.97. The van der Waals surface area contributed by atoms with Crippen LogP contribution >= 0.6 is 0 Å². The Hall–Kier alpha value is -1.56. The van der Waals surface area contributed by atoms with E-state index in [2.05, 4.69) is 16.4 Å². The van der Waals surface area contributed by atoms with Crippen molar-refractivity contribution in [2.75, 3.05) is 5.32 Å². The van der Waals surface area contributed by atoms with Gasteiger partial charge in [0, 0.05) is 12.2 Å². The summed E-state index contributed by atoms with van der Waals surface area (Å²) in [6, 6.07) is 6.42. The normalized spacial score (nSPS) is 31.3. The maximum absolute atomic E-state index is 8.69. The molecule has 2 aliphatic carbocycles. The first kappa shape index (κ1) is 9.65. The van der Waals surface area contributed by atoms with Crippen molar-refractivity contribution in [1.29, 1.82) is 5.26 Å². The summed E-state index contributed by atoms with van der Waals surface area (Å²) < 4.78 is 0. The van der Waals surface area contributed by atoms with Crippen molar-refractivity contribution in [3.8, 4) is 6.07 Å². The molecule has 3 unspecified atom stereocenters. The van der Waals surface area contributed by atoms with Crippen LogP contribution in [-0.2, 0) is 0 Å². The molecule has 0 amide bonds. The summed E-state index contributed by atoms with van der Waals surface area (Å²) in [6.07, 6.45) is 7.12. The van der Waals surface area contributed by atoms with Gasteiger partial charge in [-0.3, -0.25) is 0 Å². The molecule has 16 heavy (non-hydrogen) atoms. The van der Waals surface area contributed by atoms with Gasteiger partial charge in [0.25, 0.3) is 0 Å². The predicted molar refractivity (Wildman–Crippen MR) is 61.8 cm³/mol. The topological polar surface area (TPSA) is 48.7 Å². The molecule has 0 radical (unpaired) electrons. The zero-order chi connectivity index (χ0) is 11.0. The van der Waals surface area contributed by atoms with Gasteiger partial charge >= 0.3 is 0 Å². The molecule has 0 aliphatic heterocycles. The van der Waals surface area contributed by atoms with Gasteiger partial charge in [0.05, 0.1) is 5.56 Å². The van der Waals surface area contributed by atoms with Gasteiger partial charge in [0.2, 0.25) is 0 Å². The molecule has 3 atom stereocenters. The Labute approximate surface area is 95.5 Å². The summed E-state index contributed by atoms with van der Waals surface area (Å²) in [5.41, 5.74) is 0.624. The number of anilines is 1. The predicted octanol–water partition coefficient (Wildman–Crippen LogP) is 2.55. The minimum Gasteiger partial charge on any atom is -0.367 e. The summed E-state index contributed by atoms with van der Waals surface area (Å²) in [6.45, 7) is 0. The van der Waals surface area contributed by atoms with Gasteiger partial charge < -0.3 is 5.32 Å². The van der Waals surface area contributed by atoms with Crippen LogP contribution in [0.5, 0.6) is 0 Å². The molecule has 1 heterocycles. The largest absolute Gasteiger partial charge is 0.367 e. The lowest BCUT2D eigenvalue weighted by Gasteiger charge is -2.23. The minimum atomic E-state index is 0.610. The van der Waals surface area contributed by atoms with E-state index in [-0.39, 0.29) is 0 Å². The lowest BCUT2D eigenvalue weighted by Crippen LogP contribution is -2.26. The average molecular weight is 213 g/mol. The van der Waals surface area contributed by atoms with Crippen molar-refractivity contribution in [1.82, 2.24) is 4.98 Å². The molecule has 0 aromatic carbocycles. The highest BCUT2D eigenvalue weighted by Crippen LogP contribution is 2.45. The second-order valence-corrected chi connectivity index (χ2v) is 4.97. The Morgan fingerprint density at radius 3 is 2.81 bits per heavy atom. The highest BCUT2D eigenvalue weighted by atomic mass is 15.0. The van der Waals surface area contributed by atoms with Gasteiger partial charge in [-0.2, -0.15) is 5.26 Å². The maximum Gasteiger partial charge on any atom is 0.126 e. The molecule has 1 N–H and O–H groups in total. The van der Waals surface area contributed by atoms with Crippen molar-refractivity contribution >= 4 is 5.82 Å². The van der Waals surface area contributed by atoms with Crippen molar-refractivity contribution < 1.29 is 0 Å². The van der Waals surface area contributed by atoms with Crippen molar-refractivity contribution in [3.05, 3.63) is 23.9 Å². The molecule has 2 saturated carbocycles. The fraction of sp³-hybridized carbons (Fsp3) is 0.538. The number of aromatic nitrogens is 1. The molecule has 2 aliphatic rings. The molecule has 1 aromatic heterocycles. The Morgan fingerprint density at radius 2 is 2.25 bits per heavy atom. The summed E-state index contributed by atoms with van der Waals surface area (Å²) in [5.74, 6) is 2.71. The Balaban J connectivity index is 1.68. The fourth-order valence-electron chi connectivity index (χ4n) is 3.16. The molecule has 3 heteroatoms. The van der Waals surface area contributed by atoms with Crippen molar-refractivity contribution in [2.24, 2.45) is 11.8 Å². The molecule has 3 rings (SSSR count). The van der Waals surface area contributed by atoms with Gasteiger partial charge in [-0.05, 0) is 43.2 Å². The molecule has 1 aromatic rings. The molecule has 2 bridgehead atoms. The van der Waals surface area contributed by atoms with Gasteiger partial charge in [-0.25, -0.2) is 4.98 Å². The molecule has 82 valence electrons. The van der Waals surface area contributed by atoms with Crippen LogP contribution in [0, 0.1) is 23.2 Å². The standard InChI is InChI=1S/C13H15N3/c14-7-10-2-4-13(15-8-10)16-12-6-9-1-3-11(12)5-9/h2,4,8-9,11-12H,1,3,5-6H2,(H,15,16). The number of nitriles is 1. The molecule has 0 saturated heterocycles. The van der Waals surface area contributed by atoms with Crippen LogP contribution in [0.25, 0.3) is 0 Å². The van der Waals surface area contributed by atoms with Crippen molar-refractivity contribution in [3.63, 3.8) is 0 Å². The summed E-state index contributed by atoms with van der Waals surface area (Å²) in [7, 11) is 0. The summed E-state index contributed by atoms with van der Waals surface area (Å²) >= 11 is 0. The molecular formula is C13H15N3. The Bertz CT molecular complexity index is 418. The van der Waals surface area contributed by atoms with Crippen LogP contribution < -0.4 is 5.32 Å². The third-order valence-corrected chi connectivity index (χ3v) is 3.96. The van der Waals surface area contributed by atoms with Gasteiger partial charge in [-0.1, -0.05) is 6.42 Å². The fourth-order valence-corrected chi connectivity index (χ4v) is 3.16. The zero-order valence-corrected chi connectivity index (χ0v) is 9.19. The first-order valence-electron chi connectivity index (χ1n) is 5.98. The lowest BCUT2D eigenvalue weighted by molar-refractivity contribution is 0.439. The number of pyridine rings is 1. The second kappa shape index (κ2) is 3.79. The van der Waals surface area contributed by atoms with Gasteiger partial charge in [-0.15, -0.1) is 0 Å². The molecule has 3 nitrogen and oxygen atoms in total. The molecular weight excluding hydrogens is 198 g/mol. The monoisotopic (exact) mass is 213 g/mol. The van der Waals surface area contributed by atoms with E-state index < -0.39 is 0 Å². The van der Waals surface area contributed by atoms with E-state index in [1.807, 2.05) is 12.1 Å². The van der Waals surface area contributed by atoms with Gasteiger partial charge in [0.1, 0.15) is 11.9 Å². The minimum absolute atomic E-state index is 0.610. The number of nitrogens with zero attached hydrogens (tertiary/aromatic N) is 2. The van der Waals surface area contributed by atoms with E-state index in [9.17, 15) is 0 Å². The lowest BCUT2D eigenvalue weighted by atomic mass is 9.95. The number of hydrogen-bond acceptors (Lipinski definition) is 3. The third kappa shape index (κ3) is 1.65. The van der Waals surface area contributed by atoms with Gasteiger partial charge in [0.15, 0.2) is 0 Å². The number of fused-ring (bicyclic) bond motifs is 2. The molecule has 0 spiro atoms. The summed E-state index contributed by atoms with van der Waals surface area (Å²) in [5, 5.41) is 12.2. The van der Waals surface area contributed by atoms with E-state index in [1.54, 1.807) is 6.20 Å². The average Bonchev–Trinajstić information content (AvgIpc) is 2.92. The van der Waals surface area contributed by atoms with E-state index in [0.29, 0.717) is 11.6 Å². The first-order valence-corrected chi connectivity index (χ1v) is 5.98. The SMILES string of the molecule is N#Cc1ccc(NC2CC3CCC2C3)nc1. The summed E-state index contributed by atoms with van der Waals surface area (Å²) in [4.78, 5) is 4.26. The van der Waals surface area contributed by atoms with Crippen LogP contribution in [-0.4, -0.2) is 11.0 Å². The Kier molecular flexibility index (Phi) is 2.28. The van der Waals surface area contributed by atoms with Crippen LogP contribution in [0.1, 0.15) is 31.2 Å². The zero-order valence-electron chi connectivity index (χ0n) is 9.19. The smallest absolute Gasteiger partial charge is 0.126 e. The highest BCUT2D eigenvalue weighted by molar-refractivity contribution is 5.40. The van der Waals surface area contributed by atoms with E-state index >= 15 is 0 Å². The van der Waals surface area contributed by atoms with E-state index in [1.165, 1.54) is 25.7 Å². The van der Waals surface area contributed by atoms with Crippen LogP contribution in [0.2, 0.25) is 0 Å². The van der Waals surface area contributed by atoms with Crippen molar-refractivity contribution in [2.45, 2.75) is 31.7 Å². The van der Waals surface area contributed by atoms with E-state index in [0.717, 1.165) is 17.7 Å². The number of rotatable bonds is 2. The first-order chi connectivity index (χ1) is 7.85. The third-order valence-electron chi connectivity index (χ3n) is 3.96. The molecule has 2 fully saturated rings. The highest BCUT2D eigenvalue weighted by Gasteiger charge is 2.39. The van der Waals surface area contributed by atoms with Crippen LogP contribution in [0.15, 0.2) is 18.3 Å². The van der Waals surface area contributed by atoms with Crippen LogP contribution in [0.4, 0.5) is 5.82 Å². The van der Waals surface area contributed by atoms with Crippen LogP contribution in [0.3, 0.4) is 0 Å². The quantitative estimate of drug-likeness (QED) is 0.821. The Morgan fingerprint density at radius 1 is 1.31 bits per heavy atom. The van der Waals surface area contributed by atoms with E-state index in [4.69, 9.17) is 5.26 Å². The maximum atomic E-state index is 8.69.